The molecule has 5 atom stereocenters. The zero-order valence-electron chi connectivity index (χ0n) is 13.2. The highest BCUT2D eigenvalue weighted by Crippen LogP contribution is 2.27. The second-order valence-electron chi connectivity index (χ2n) is 6.98. The Balaban J connectivity index is 1.49. The summed E-state index contributed by atoms with van der Waals surface area (Å²) in [6.45, 7) is 0.585. The Morgan fingerprint density at radius 1 is 1.35 bits per heavy atom. The van der Waals surface area contributed by atoms with Crippen molar-refractivity contribution >= 4 is 5.91 Å². The van der Waals surface area contributed by atoms with Gasteiger partial charge in [0.1, 0.15) is 0 Å². The predicted molar refractivity (Wildman–Crippen MR) is 81.4 cm³/mol. The van der Waals surface area contributed by atoms with Crippen molar-refractivity contribution in [1.82, 2.24) is 10.6 Å². The lowest BCUT2D eigenvalue weighted by atomic mass is 9.88. The van der Waals surface area contributed by atoms with Crippen LogP contribution in [0.4, 0.5) is 0 Å². The van der Waals surface area contributed by atoms with Crippen molar-refractivity contribution in [2.24, 2.45) is 5.73 Å². The Hall–Kier alpha value is -0.770. The number of rotatable bonds is 5. The molecular formula is C15H27N3O5. The van der Waals surface area contributed by atoms with E-state index in [9.17, 15) is 9.90 Å². The van der Waals surface area contributed by atoms with Crippen molar-refractivity contribution in [2.75, 3.05) is 19.7 Å². The Bertz CT molecular complexity index is 431. The van der Waals surface area contributed by atoms with Gasteiger partial charge in [0.25, 0.3) is 5.91 Å². The third kappa shape index (κ3) is 4.01. The number of aliphatic hydroxyl groups is 2. The molecule has 6 N–H and O–H groups in total. The molecule has 3 fully saturated rings. The molecule has 0 bridgehead atoms. The first kappa shape index (κ1) is 17.1. The second kappa shape index (κ2) is 7.00. The number of ether oxygens (including phenoxy) is 2. The van der Waals surface area contributed by atoms with E-state index in [0.717, 1.165) is 19.3 Å². The SMILES string of the molecule is NC1CC(NC(=O)C2(O)CNC2)CC(OC2CCC(CO)O2)C1. The molecule has 0 aromatic rings. The Kier molecular flexibility index (Phi) is 5.19. The molecule has 23 heavy (non-hydrogen) atoms. The van der Waals surface area contributed by atoms with Crippen LogP contribution in [0.15, 0.2) is 0 Å². The van der Waals surface area contributed by atoms with E-state index in [1.165, 1.54) is 0 Å². The van der Waals surface area contributed by atoms with Gasteiger partial charge in [-0.15, -0.1) is 0 Å². The molecule has 1 aliphatic carbocycles. The highest BCUT2D eigenvalue weighted by Gasteiger charge is 2.43. The molecule has 2 aliphatic heterocycles. The third-order valence-corrected chi connectivity index (χ3v) is 4.91. The zero-order valence-corrected chi connectivity index (χ0v) is 13.2. The molecular weight excluding hydrogens is 302 g/mol. The molecule has 0 radical (unpaired) electrons. The fourth-order valence-corrected chi connectivity index (χ4v) is 3.50. The molecule has 1 saturated carbocycles. The summed E-state index contributed by atoms with van der Waals surface area (Å²) in [5, 5.41) is 24.9. The molecule has 132 valence electrons. The molecule has 3 aliphatic rings. The summed E-state index contributed by atoms with van der Waals surface area (Å²) in [4.78, 5) is 12.1. The van der Waals surface area contributed by atoms with Crippen LogP contribution in [0.25, 0.3) is 0 Å². The van der Waals surface area contributed by atoms with Gasteiger partial charge in [-0.1, -0.05) is 0 Å². The molecule has 8 heteroatoms. The van der Waals surface area contributed by atoms with E-state index >= 15 is 0 Å². The van der Waals surface area contributed by atoms with E-state index in [-0.39, 0.29) is 56.2 Å². The van der Waals surface area contributed by atoms with Crippen molar-refractivity contribution in [3.63, 3.8) is 0 Å². The van der Waals surface area contributed by atoms with Crippen molar-refractivity contribution in [3.05, 3.63) is 0 Å². The van der Waals surface area contributed by atoms with Crippen LogP contribution in [0.3, 0.4) is 0 Å². The van der Waals surface area contributed by atoms with Crippen LogP contribution in [-0.2, 0) is 14.3 Å². The summed E-state index contributed by atoms with van der Waals surface area (Å²) in [6, 6.07) is -0.154. The average Bonchev–Trinajstić information content (AvgIpc) is 2.91. The molecule has 0 aromatic heterocycles. The van der Waals surface area contributed by atoms with Crippen molar-refractivity contribution in [3.8, 4) is 0 Å². The molecule has 5 unspecified atom stereocenters. The van der Waals surface area contributed by atoms with E-state index in [0.29, 0.717) is 12.8 Å². The summed E-state index contributed by atoms with van der Waals surface area (Å²) in [7, 11) is 0. The average molecular weight is 329 g/mol. The van der Waals surface area contributed by atoms with E-state index in [1.807, 2.05) is 0 Å². The summed E-state index contributed by atoms with van der Waals surface area (Å²) in [5.41, 5.74) is 4.80. The summed E-state index contributed by atoms with van der Waals surface area (Å²) >= 11 is 0. The highest BCUT2D eigenvalue weighted by molar-refractivity contribution is 5.86. The first-order valence-electron chi connectivity index (χ1n) is 8.40. The maximum Gasteiger partial charge on any atom is 0.254 e. The predicted octanol–water partition coefficient (Wildman–Crippen LogP) is -1.80. The highest BCUT2D eigenvalue weighted by atomic mass is 16.7. The monoisotopic (exact) mass is 329 g/mol. The first-order chi connectivity index (χ1) is 11.0. The minimum absolute atomic E-state index is 0.00927. The van der Waals surface area contributed by atoms with Gasteiger partial charge in [0.2, 0.25) is 0 Å². The number of nitrogens with two attached hydrogens (primary N) is 1. The van der Waals surface area contributed by atoms with Crippen molar-refractivity contribution in [1.29, 1.82) is 0 Å². The van der Waals surface area contributed by atoms with Crippen LogP contribution in [0.2, 0.25) is 0 Å². The molecule has 1 amide bonds. The zero-order chi connectivity index (χ0) is 16.4. The van der Waals surface area contributed by atoms with Crippen molar-refractivity contribution in [2.45, 2.75) is 68.3 Å². The van der Waals surface area contributed by atoms with Gasteiger partial charge in [0.15, 0.2) is 11.9 Å². The minimum atomic E-state index is -1.29. The minimum Gasteiger partial charge on any atom is -0.394 e. The van der Waals surface area contributed by atoms with Gasteiger partial charge < -0.3 is 36.1 Å². The third-order valence-electron chi connectivity index (χ3n) is 4.91. The molecule has 0 aromatic carbocycles. The number of nitrogens with one attached hydrogen (secondary N) is 2. The van der Waals surface area contributed by atoms with Gasteiger partial charge in [0, 0.05) is 31.6 Å². The van der Waals surface area contributed by atoms with Gasteiger partial charge >= 0.3 is 0 Å². The molecule has 8 nitrogen and oxygen atoms in total. The first-order valence-corrected chi connectivity index (χ1v) is 8.40. The molecule has 2 heterocycles. The number of amides is 1. The number of hydrogen-bond acceptors (Lipinski definition) is 7. The van der Waals surface area contributed by atoms with Crippen LogP contribution >= 0.6 is 0 Å². The van der Waals surface area contributed by atoms with Crippen LogP contribution in [0, 0.1) is 0 Å². The van der Waals surface area contributed by atoms with Crippen molar-refractivity contribution < 1.29 is 24.5 Å². The smallest absolute Gasteiger partial charge is 0.254 e. The van der Waals surface area contributed by atoms with Gasteiger partial charge in [-0.3, -0.25) is 4.79 Å². The maximum atomic E-state index is 12.1. The lowest BCUT2D eigenvalue weighted by Crippen LogP contribution is -2.68. The summed E-state index contributed by atoms with van der Waals surface area (Å²) in [5.74, 6) is -0.341. The molecule has 0 spiro atoms. The normalized spacial score (nSPS) is 39.7. The van der Waals surface area contributed by atoms with Crippen LogP contribution < -0.4 is 16.4 Å². The standard InChI is InChI=1S/C15H27N3O5/c16-9-3-10(18-14(20)15(21)7-17-8-15)5-12(4-9)23-13-2-1-11(6-19)22-13/h9-13,17,19,21H,1-8,16H2,(H,18,20). The van der Waals surface area contributed by atoms with E-state index < -0.39 is 5.60 Å². The topological polar surface area (TPSA) is 126 Å². The van der Waals surface area contributed by atoms with Crippen LogP contribution in [0.1, 0.15) is 32.1 Å². The Labute approximate surface area is 135 Å². The fraction of sp³-hybridized carbons (Fsp3) is 0.933. The Morgan fingerprint density at radius 2 is 2.13 bits per heavy atom. The van der Waals surface area contributed by atoms with E-state index in [1.54, 1.807) is 0 Å². The molecule has 2 saturated heterocycles. The van der Waals surface area contributed by atoms with E-state index in [4.69, 9.17) is 20.3 Å². The number of aliphatic hydroxyl groups excluding tert-OH is 1. The van der Waals surface area contributed by atoms with Gasteiger partial charge in [0.05, 0.1) is 18.8 Å². The quantitative estimate of drug-likeness (QED) is 0.403. The maximum absolute atomic E-state index is 12.1. The number of hydrogen-bond donors (Lipinski definition) is 5. The summed E-state index contributed by atoms with van der Waals surface area (Å²) in [6.07, 6.45) is 3.08. The molecule has 3 rings (SSSR count). The second-order valence-corrected chi connectivity index (χ2v) is 6.98. The van der Waals surface area contributed by atoms with Crippen LogP contribution in [0.5, 0.6) is 0 Å². The van der Waals surface area contributed by atoms with Crippen LogP contribution in [-0.4, -0.2) is 72.0 Å². The number of carbonyl (C=O) groups is 1. The van der Waals surface area contributed by atoms with Gasteiger partial charge in [-0.2, -0.15) is 0 Å². The lowest BCUT2D eigenvalue weighted by molar-refractivity contribution is -0.175. The summed E-state index contributed by atoms with van der Waals surface area (Å²) < 4.78 is 11.6. The lowest BCUT2D eigenvalue weighted by Gasteiger charge is -2.39. The van der Waals surface area contributed by atoms with E-state index in [2.05, 4.69) is 10.6 Å². The number of β-amino-alcohol motifs (C(OH)–C–C–N with tert-alkyl or cyclic N) is 1. The Morgan fingerprint density at radius 3 is 2.74 bits per heavy atom. The van der Waals surface area contributed by atoms with Gasteiger partial charge in [-0.25, -0.2) is 0 Å². The largest absolute Gasteiger partial charge is 0.394 e. The fourth-order valence-electron chi connectivity index (χ4n) is 3.50. The van der Waals surface area contributed by atoms with Gasteiger partial charge in [-0.05, 0) is 25.7 Å². The number of carbonyl (C=O) groups excluding carboxylic acids is 1.